The van der Waals surface area contributed by atoms with Crippen molar-refractivity contribution in [3.05, 3.63) is 64.2 Å². The lowest BCUT2D eigenvalue weighted by Gasteiger charge is -2.33. The van der Waals surface area contributed by atoms with Gasteiger partial charge in [0.2, 0.25) is 21.8 Å². The Morgan fingerprint density at radius 2 is 1.65 bits per heavy atom. The minimum absolute atomic E-state index is 0.0842. The molecular weight excluding hydrogens is 474 g/mol. The number of carbonyl (C=O) groups is 2. The molecule has 0 saturated carbocycles. The van der Waals surface area contributed by atoms with Gasteiger partial charge in [0.1, 0.15) is 12.6 Å². The zero-order valence-corrected chi connectivity index (χ0v) is 22.0. The van der Waals surface area contributed by atoms with E-state index in [1.54, 1.807) is 44.2 Å². The fourth-order valence-corrected chi connectivity index (χ4v) is 5.03. The summed E-state index contributed by atoms with van der Waals surface area (Å²) in [4.78, 5) is 28.1. The zero-order chi connectivity index (χ0) is 25.5. The maximum atomic E-state index is 13.7. The van der Waals surface area contributed by atoms with Crippen molar-refractivity contribution < 1.29 is 18.0 Å². The van der Waals surface area contributed by atoms with Gasteiger partial charge in [-0.15, -0.1) is 0 Å². The average Bonchev–Trinajstić information content (AvgIpc) is 2.77. The molecule has 0 radical (unpaired) electrons. The largest absolute Gasteiger partial charge is 0.354 e. The third-order valence-electron chi connectivity index (χ3n) is 5.60. The van der Waals surface area contributed by atoms with E-state index in [9.17, 15) is 18.0 Å². The number of benzene rings is 2. The van der Waals surface area contributed by atoms with Gasteiger partial charge in [-0.05, 0) is 49.4 Å². The monoisotopic (exact) mass is 507 g/mol. The third-order valence-corrected chi connectivity index (χ3v) is 7.08. The quantitative estimate of drug-likeness (QED) is 0.497. The van der Waals surface area contributed by atoms with Crippen LogP contribution in [0, 0.1) is 13.8 Å². The highest BCUT2D eigenvalue weighted by molar-refractivity contribution is 7.92. The van der Waals surface area contributed by atoms with Crippen LogP contribution in [0.2, 0.25) is 5.02 Å². The van der Waals surface area contributed by atoms with Crippen LogP contribution in [0.4, 0.5) is 5.69 Å². The van der Waals surface area contributed by atoms with Crippen LogP contribution < -0.4 is 9.62 Å². The molecule has 0 heterocycles. The maximum absolute atomic E-state index is 13.7. The molecule has 34 heavy (non-hydrogen) atoms. The summed E-state index contributed by atoms with van der Waals surface area (Å²) < 4.78 is 26.7. The molecule has 0 aliphatic rings. The highest BCUT2D eigenvalue weighted by Crippen LogP contribution is 2.27. The van der Waals surface area contributed by atoms with Crippen molar-refractivity contribution in [3.8, 4) is 0 Å². The topological polar surface area (TPSA) is 86.8 Å². The Morgan fingerprint density at radius 3 is 2.18 bits per heavy atom. The fraction of sp³-hybridized carbons (Fsp3) is 0.440. The van der Waals surface area contributed by atoms with E-state index in [1.807, 2.05) is 26.0 Å². The molecule has 9 heteroatoms. The molecule has 0 bridgehead atoms. The molecule has 2 aromatic rings. The Morgan fingerprint density at radius 1 is 1.03 bits per heavy atom. The molecule has 1 atom stereocenters. The lowest BCUT2D eigenvalue weighted by molar-refractivity contribution is -0.140. The average molecular weight is 508 g/mol. The Kier molecular flexibility index (Phi) is 9.94. The van der Waals surface area contributed by atoms with E-state index in [2.05, 4.69) is 5.32 Å². The molecule has 2 rings (SSSR count). The molecule has 0 spiro atoms. The van der Waals surface area contributed by atoms with Crippen LogP contribution >= 0.6 is 11.6 Å². The molecule has 7 nitrogen and oxygen atoms in total. The number of hydrogen-bond acceptors (Lipinski definition) is 4. The third kappa shape index (κ3) is 6.96. The number of nitrogens with zero attached hydrogens (tertiary/aromatic N) is 2. The number of aryl methyl sites for hydroxylation is 2. The first-order chi connectivity index (χ1) is 16.0. The molecule has 0 aliphatic carbocycles. The number of hydrogen-bond donors (Lipinski definition) is 1. The molecular formula is C25H34ClN3O4S. The standard InChI is InChI=1S/C25H34ClN3O4S/c1-6-15-27-25(31)22(7-2)28(16-20-13-8-9-14-21(20)26)23(30)17-29(34(5,32)33)24-18(3)11-10-12-19(24)4/h8-14,22H,6-7,15-17H2,1-5H3,(H,27,31). The second-order valence-corrected chi connectivity index (χ2v) is 10.7. The fourth-order valence-electron chi connectivity index (χ4n) is 3.87. The van der Waals surface area contributed by atoms with Crippen molar-refractivity contribution in [1.29, 1.82) is 0 Å². The number of para-hydroxylation sites is 1. The van der Waals surface area contributed by atoms with Gasteiger partial charge in [-0.3, -0.25) is 13.9 Å². The van der Waals surface area contributed by atoms with Crippen LogP contribution in [-0.4, -0.2) is 50.5 Å². The van der Waals surface area contributed by atoms with Gasteiger partial charge in [0, 0.05) is 18.1 Å². The second-order valence-electron chi connectivity index (χ2n) is 8.34. The van der Waals surface area contributed by atoms with Gasteiger partial charge >= 0.3 is 0 Å². The summed E-state index contributed by atoms with van der Waals surface area (Å²) in [7, 11) is -3.78. The van der Waals surface area contributed by atoms with Gasteiger partial charge in [-0.2, -0.15) is 0 Å². The van der Waals surface area contributed by atoms with Crippen molar-refractivity contribution in [2.75, 3.05) is 23.7 Å². The number of sulfonamides is 1. The number of halogens is 1. The van der Waals surface area contributed by atoms with Gasteiger partial charge in [-0.25, -0.2) is 8.42 Å². The first kappa shape index (κ1) is 27.7. The highest BCUT2D eigenvalue weighted by atomic mass is 35.5. The van der Waals surface area contributed by atoms with Crippen molar-refractivity contribution in [1.82, 2.24) is 10.2 Å². The molecule has 0 saturated heterocycles. The number of anilines is 1. The minimum Gasteiger partial charge on any atom is -0.354 e. The van der Waals surface area contributed by atoms with Crippen molar-refractivity contribution >= 4 is 39.1 Å². The van der Waals surface area contributed by atoms with Crippen LogP contribution in [-0.2, 0) is 26.2 Å². The molecule has 1 unspecified atom stereocenters. The summed E-state index contributed by atoms with van der Waals surface area (Å²) >= 11 is 6.36. The lowest BCUT2D eigenvalue weighted by atomic mass is 10.1. The number of rotatable bonds is 11. The van der Waals surface area contributed by atoms with Crippen LogP contribution in [0.15, 0.2) is 42.5 Å². The molecule has 186 valence electrons. The van der Waals surface area contributed by atoms with Crippen molar-refractivity contribution in [2.24, 2.45) is 0 Å². The lowest BCUT2D eigenvalue weighted by Crippen LogP contribution is -2.52. The van der Waals surface area contributed by atoms with E-state index in [0.717, 1.165) is 28.1 Å². The predicted molar refractivity (Wildman–Crippen MR) is 137 cm³/mol. The van der Waals surface area contributed by atoms with Crippen LogP contribution in [0.3, 0.4) is 0 Å². The van der Waals surface area contributed by atoms with Crippen LogP contribution in [0.5, 0.6) is 0 Å². The smallest absolute Gasteiger partial charge is 0.244 e. The molecule has 0 fully saturated rings. The molecule has 0 aliphatic heterocycles. The number of carbonyl (C=O) groups excluding carboxylic acids is 2. The summed E-state index contributed by atoms with van der Waals surface area (Å²) in [6, 6.07) is 11.8. The van der Waals surface area contributed by atoms with E-state index in [1.165, 1.54) is 4.90 Å². The maximum Gasteiger partial charge on any atom is 0.244 e. The Balaban J connectivity index is 2.50. The number of nitrogens with one attached hydrogen (secondary N) is 1. The van der Waals surface area contributed by atoms with E-state index >= 15 is 0 Å². The first-order valence-electron chi connectivity index (χ1n) is 11.4. The second kappa shape index (κ2) is 12.2. The molecule has 2 aromatic carbocycles. The molecule has 1 N–H and O–H groups in total. The SMILES string of the molecule is CCCNC(=O)C(CC)N(Cc1ccccc1Cl)C(=O)CN(c1c(C)cccc1C)S(C)(=O)=O. The van der Waals surface area contributed by atoms with E-state index in [-0.39, 0.29) is 12.5 Å². The minimum atomic E-state index is -3.78. The van der Waals surface area contributed by atoms with Crippen molar-refractivity contribution in [3.63, 3.8) is 0 Å². The Bertz CT molecular complexity index is 1100. The van der Waals surface area contributed by atoms with Gasteiger partial charge < -0.3 is 10.2 Å². The normalized spacial score (nSPS) is 12.2. The van der Waals surface area contributed by atoms with E-state index < -0.39 is 28.5 Å². The van der Waals surface area contributed by atoms with Gasteiger partial charge in [0.25, 0.3) is 0 Å². The van der Waals surface area contributed by atoms with Gasteiger partial charge in [-0.1, -0.05) is 61.8 Å². The summed E-state index contributed by atoms with van der Waals surface area (Å²) in [6.07, 6.45) is 2.21. The molecule has 0 aromatic heterocycles. The van der Waals surface area contributed by atoms with Gasteiger partial charge in [0.05, 0.1) is 11.9 Å². The highest BCUT2D eigenvalue weighted by Gasteiger charge is 2.32. The summed E-state index contributed by atoms with van der Waals surface area (Å²) in [5.41, 5.74) is 2.63. The number of amides is 2. The Hall–Kier alpha value is -2.58. The van der Waals surface area contributed by atoms with Crippen molar-refractivity contribution in [2.45, 2.75) is 53.1 Å². The first-order valence-corrected chi connectivity index (χ1v) is 13.6. The zero-order valence-electron chi connectivity index (χ0n) is 20.5. The van der Waals surface area contributed by atoms with E-state index in [4.69, 9.17) is 11.6 Å². The van der Waals surface area contributed by atoms with E-state index in [0.29, 0.717) is 29.2 Å². The molecule has 2 amide bonds. The summed E-state index contributed by atoms with van der Waals surface area (Å²) in [5, 5.41) is 3.33. The predicted octanol–water partition coefficient (Wildman–Crippen LogP) is 4.06. The van der Waals surface area contributed by atoms with Crippen LogP contribution in [0.25, 0.3) is 0 Å². The summed E-state index contributed by atoms with van der Waals surface area (Å²) in [5.74, 6) is -0.755. The van der Waals surface area contributed by atoms with Gasteiger partial charge in [0.15, 0.2) is 0 Å². The Labute approximate surface area is 208 Å². The summed E-state index contributed by atoms with van der Waals surface area (Å²) in [6.45, 7) is 7.53. The van der Waals surface area contributed by atoms with Crippen LogP contribution in [0.1, 0.15) is 43.4 Å².